The Morgan fingerprint density at radius 1 is 1.18 bits per heavy atom. The van der Waals surface area contributed by atoms with E-state index in [0.717, 1.165) is 18.4 Å². The quantitative estimate of drug-likeness (QED) is 0.507. The van der Waals surface area contributed by atoms with Crippen molar-refractivity contribution in [3.05, 3.63) is 12.2 Å². The molecule has 62 valence electrons. The molecule has 2 saturated carbocycles. The molecular weight excluding hydrogens is 140 g/mol. The number of hydrogen-bond donors (Lipinski definition) is 2. The van der Waals surface area contributed by atoms with E-state index < -0.39 is 0 Å². The van der Waals surface area contributed by atoms with E-state index in [1.165, 1.54) is 0 Å². The summed E-state index contributed by atoms with van der Waals surface area (Å²) in [5.41, 5.74) is 0.865. The van der Waals surface area contributed by atoms with Gasteiger partial charge in [-0.05, 0) is 25.7 Å². The van der Waals surface area contributed by atoms with Crippen LogP contribution in [0.25, 0.3) is 0 Å². The molecule has 0 aromatic heterocycles. The zero-order chi connectivity index (χ0) is 8.06. The summed E-state index contributed by atoms with van der Waals surface area (Å²) in [6.45, 7) is 3.79. The lowest BCUT2D eigenvalue weighted by atomic mass is 9.79. The van der Waals surface area contributed by atoms with Crippen LogP contribution in [0.1, 0.15) is 25.7 Å². The summed E-state index contributed by atoms with van der Waals surface area (Å²) >= 11 is 0. The van der Waals surface area contributed by atoms with Gasteiger partial charge in [-0.3, -0.25) is 0 Å². The average molecular weight is 154 g/mol. The highest BCUT2D eigenvalue weighted by Crippen LogP contribution is 2.56. The van der Waals surface area contributed by atoms with Gasteiger partial charge in [-0.15, -0.1) is 0 Å². The Kier molecular flexibility index (Phi) is 1.38. The lowest BCUT2D eigenvalue weighted by Gasteiger charge is -2.33. The summed E-state index contributed by atoms with van der Waals surface area (Å²) in [6.07, 6.45) is 2.69. The Balaban J connectivity index is 2.16. The van der Waals surface area contributed by atoms with Crippen LogP contribution in [-0.2, 0) is 0 Å². The second-order valence-corrected chi connectivity index (χ2v) is 3.92. The third kappa shape index (κ3) is 0.932. The molecule has 2 rings (SSSR count). The third-order valence-electron chi connectivity index (χ3n) is 3.12. The number of hydrogen-bond acceptors (Lipinski definition) is 2. The van der Waals surface area contributed by atoms with Crippen molar-refractivity contribution in [2.75, 3.05) is 0 Å². The Morgan fingerprint density at radius 3 is 2.00 bits per heavy atom. The Bertz CT molecular complexity index is 178. The fourth-order valence-corrected chi connectivity index (χ4v) is 2.07. The van der Waals surface area contributed by atoms with E-state index in [9.17, 15) is 10.2 Å². The molecule has 0 radical (unpaired) electrons. The van der Waals surface area contributed by atoms with Crippen LogP contribution in [0.3, 0.4) is 0 Å². The predicted molar refractivity (Wildman–Crippen MR) is 42.1 cm³/mol. The second kappa shape index (κ2) is 2.08. The maximum Gasteiger partial charge on any atom is 0.0658 e. The van der Waals surface area contributed by atoms with Crippen LogP contribution in [0.15, 0.2) is 12.2 Å². The first kappa shape index (κ1) is 7.32. The van der Waals surface area contributed by atoms with Crippen molar-refractivity contribution in [1.29, 1.82) is 0 Å². The highest BCUT2D eigenvalue weighted by Gasteiger charge is 2.56. The summed E-state index contributed by atoms with van der Waals surface area (Å²) in [5.74, 6) is 0. The molecule has 0 aromatic carbocycles. The Morgan fingerprint density at radius 2 is 1.64 bits per heavy atom. The van der Waals surface area contributed by atoms with Crippen LogP contribution in [0.4, 0.5) is 0 Å². The molecule has 2 fully saturated rings. The first-order valence-corrected chi connectivity index (χ1v) is 4.18. The zero-order valence-corrected chi connectivity index (χ0v) is 6.58. The molecule has 2 N–H and O–H groups in total. The van der Waals surface area contributed by atoms with Crippen molar-refractivity contribution in [3.8, 4) is 0 Å². The molecule has 0 bridgehead atoms. The van der Waals surface area contributed by atoms with Crippen LogP contribution >= 0.6 is 0 Å². The number of aliphatic hydroxyl groups is 2. The maximum absolute atomic E-state index is 9.62. The molecule has 2 atom stereocenters. The smallest absolute Gasteiger partial charge is 0.0658 e. The van der Waals surface area contributed by atoms with Gasteiger partial charge in [0.25, 0.3) is 0 Å². The lowest BCUT2D eigenvalue weighted by Crippen LogP contribution is -2.38. The molecule has 2 aliphatic carbocycles. The summed E-state index contributed by atoms with van der Waals surface area (Å²) in [5, 5.41) is 19.2. The van der Waals surface area contributed by atoms with Crippen molar-refractivity contribution in [2.24, 2.45) is 5.41 Å². The molecule has 1 spiro atoms. The van der Waals surface area contributed by atoms with Crippen LogP contribution in [0.2, 0.25) is 0 Å². The summed E-state index contributed by atoms with van der Waals surface area (Å²) in [7, 11) is 0. The molecule has 0 saturated heterocycles. The highest BCUT2D eigenvalue weighted by atomic mass is 16.3. The van der Waals surface area contributed by atoms with Gasteiger partial charge in [-0.1, -0.05) is 12.2 Å². The standard InChI is InChI=1S/C9H14O2/c1-6-4-7(10)9(2-3-9)8(11)5-6/h7-8,10-11H,1-5H2/t7-,8?/m1/s1. The molecule has 2 aliphatic rings. The fraction of sp³-hybridized carbons (Fsp3) is 0.778. The van der Waals surface area contributed by atoms with Gasteiger partial charge in [0.15, 0.2) is 0 Å². The van der Waals surface area contributed by atoms with E-state index in [2.05, 4.69) is 6.58 Å². The monoisotopic (exact) mass is 154 g/mol. The normalized spacial score (nSPS) is 41.1. The lowest BCUT2D eigenvalue weighted by molar-refractivity contribution is -0.0223. The highest BCUT2D eigenvalue weighted by molar-refractivity contribution is 5.16. The summed E-state index contributed by atoms with van der Waals surface area (Å²) in [4.78, 5) is 0. The van der Waals surface area contributed by atoms with Crippen molar-refractivity contribution >= 4 is 0 Å². The molecule has 0 aliphatic heterocycles. The topological polar surface area (TPSA) is 40.5 Å². The van der Waals surface area contributed by atoms with Crippen molar-refractivity contribution in [3.63, 3.8) is 0 Å². The van der Waals surface area contributed by atoms with Crippen LogP contribution in [-0.4, -0.2) is 22.4 Å². The Hall–Kier alpha value is -0.340. The van der Waals surface area contributed by atoms with E-state index in [-0.39, 0.29) is 17.6 Å². The van der Waals surface area contributed by atoms with Gasteiger partial charge < -0.3 is 10.2 Å². The molecule has 0 amide bonds. The zero-order valence-electron chi connectivity index (χ0n) is 6.58. The van der Waals surface area contributed by atoms with Crippen molar-refractivity contribution in [2.45, 2.75) is 37.9 Å². The van der Waals surface area contributed by atoms with Crippen molar-refractivity contribution in [1.82, 2.24) is 0 Å². The van der Waals surface area contributed by atoms with Gasteiger partial charge in [0.05, 0.1) is 12.2 Å². The van der Waals surface area contributed by atoms with Crippen molar-refractivity contribution < 1.29 is 10.2 Å². The summed E-state index contributed by atoms with van der Waals surface area (Å²) in [6, 6.07) is 0. The van der Waals surface area contributed by atoms with E-state index in [0.29, 0.717) is 12.8 Å². The molecule has 11 heavy (non-hydrogen) atoms. The summed E-state index contributed by atoms with van der Waals surface area (Å²) < 4.78 is 0. The molecule has 2 heteroatoms. The average Bonchev–Trinajstić information content (AvgIpc) is 2.62. The fourth-order valence-electron chi connectivity index (χ4n) is 2.07. The number of aliphatic hydroxyl groups excluding tert-OH is 2. The minimum absolute atomic E-state index is 0.124. The molecule has 1 unspecified atom stereocenters. The van der Waals surface area contributed by atoms with E-state index in [1.54, 1.807) is 0 Å². The molecule has 2 nitrogen and oxygen atoms in total. The Labute approximate surface area is 66.5 Å². The van der Waals surface area contributed by atoms with Gasteiger partial charge in [0.2, 0.25) is 0 Å². The second-order valence-electron chi connectivity index (χ2n) is 3.92. The van der Waals surface area contributed by atoms with Gasteiger partial charge >= 0.3 is 0 Å². The molecular formula is C9H14O2. The van der Waals surface area contributed by atoms with E-state index >= 15 is 0 Å². The first-order valence-electron chi connectivity index (χ1n) is 4.18. The van der Waals surface area contributed by atoms with E-state index in [1.807, 2.05) is 0 Å². The maximum atomic E-state index is 9.62. The minimum Gasteiger partial charge on any atom is -0.392 e. The van der Waals surface area contributed by atoms with Gasteiger partial charge in [0, 0.05) is 5.41 Å². The molecule has 0 heterocycles. The first-order chi connectivity index (χ1) is 5.15. The van der Waals surface area contributed by atoms with Gasteiger partial charge in [-0.25, -0.2) is 0 Å². The molecule has 0 aromatic rings. The van der Waals surface area contributed by atoms with E-state index in [4.69, 9.17) is 0 Å². The third-order valence-corrected chi connectivity index (χ3v) is 3.12. The van der Waals surface area contributed by atoms with Gasteiger partial charge in [-0.2, -0.15) is 0 Å². The minimum atomic E-state index is -0.334. The SMILES string of the molecule is C=C1CC(O)C2(CC2)[C@H](O)C1. The predicted octanol–water partition coefficient (Wildman–Crippen LogP) is 0.838. The van der Waals surface area contributed by atoms with Crippen LogP contribution < -0.4 is 0 Å². The largest absolute Gasteiger partial charge is 0.392 e. The van der Waals surface area contributed by atoms with Crippen LogP contribution in [0.5, 0.6) is 0 Å². The van der Waals surface area contributed by atoms with Crippen LogP contribution in [0, 0.1) is 5.41 Å². The number of rotatable bonds is 0. The van der Waals surface area contributed by atoms with Gasteiger partial charge in [0.1, 0.15) is 0 Å².